The summed E-state index contributed by atoms with van der Waals surface area (Å²) in [6.07, 6.45) is 15.8. The van der Waals surface area contributed by atoms with Crippen LogP contribution in [0.5, 0.6) is 0 Å². The lowest BCUT2D eigenvalue weighted by Gasteiger charge is -2.23. The van der Waals surface area contributed by atoms with Gasteiger partial charge < -0.3 is 10.6 Å². The minimum Gasteiger partial charge on any atom is -0.315 e. The van der Waals surface area contributed by atoms with Gasteiger partial charge in [-0.25, -0.2) is 9.78 Å². The molecular formula is C28H62N4O7S. The molecule has 2 atom stereocenters. The average Bonchev–Trinajstić information content (AvgIpc) is 2.94. The standard InChI is InChI=1S/C28H62N4O7S/c1-3-5-7-9-11-13-15-27(17-19-29-21-23-31-25-37-33)39-40(35,36)28(16-14-12-10-8-6-4-2)18-20-30-22-24-32-26-38-34/h27-34H,3-26H2,1-2H3. The third-order valence-electron chi connectivity index (χ3n) is 7.01. The molecule has 242 valence electrons. The first-order valence-corrected chi connectivity index (χ1v) is 17.3. The van der Waals surface area contributed by atoms with Crippen LogP contribution in [-0.2, 0) is 24.1 Å². The largest absolute Gasteiger partial charge is 0.315 e. The van der Waals surface area contributed by atoms with Crippen molar-refractivity contribution in [2.75, 3.05) is 52.7 Å². The third-order valence-corrected chi connectivity index (χ3v) is 8.84. The molecule has 0 bridgehead atoms. The second kappa shape index (κ2) is 30.1. The molecule has 12 heteroatoms. The summed E-state index contributed by atoms with van der Waals surface area (Å²) in [5, 5.41) is 28.7. The molecule has 0 fully saturated rings. The summed E-state index contributed by atoms with van der Waals surface area (Å²) < 4.78 is 33.0. The van der Waals surface area contributed by atoms with Crippen LogP contribution in [0.15, 0.2) is 0 Å². The SMILES string of the molecule is CCCCCCCCC(CCNCCNCOO)OS(=O)(=O)C(CCCCCCCC)CCNCCNCOO. The van der Waals surface area contributed by atoms with E-state index in [9.17, 15) is 8.42 Å². The van der Waals surface area contributed by atoms with Crippen molar-refractivity contribution < 1.29 is 32.9 Å². The fraction of sp³-hybridized carbons (Fsp3) is 1.00. The van der Waals surface area contributed by atoms with Gasteiger partial charge in [-0.15, -0.1) is 0 Å². The number of nitrogens with one attached hydrogen (secondary N) is 4. The van der Waals surface area contributed by atoms with Gasteiger partial charge in [0.05, 0.1) is 11.4 Å². The fourth-order valence-corrected chi connectivity index (χ4v) is 6.20. The van der Waals surface area contributed by atoms with E-state index < -0.39 is 15.4 Å². The Kier molecular flexibility index (Phi) is 29.8. The lowest BCUT2D eigenvalue weighted by Crippen LogP contribution is -2.35. The molecule has 0 spiro atoms. The van der Waals surface area contributed by atoms with Crippen LogP contribution in [0.2, 0.25) is 0 Å². The van der Waals surface area contributed by atoms with Gasteiger partial charge in [-0.1, -0.05) is 90.9 Å². The molecule has 0 aromatic carbocycles. The van der Waals surface area contributed by atoms with Gasteiger partial charge in [0.15, 0.2) is 0 Å². The topological polar surface area (TPSA) is 150 Å². The van der Waals surface area contributed by atoms with E-state index in [2.05, 4.69) is 44.9 Å². The highest BCUT2D eigenvalue weighted by Crippen LogP contribution is 2.22. The summed E-state index contributed by atoms with van der Waals surface area (Å²) in [6, 6.07) is 0. The average molecular weight is 599 g/mol. The molecule has 0 saturated heterocycles. The van der Waals surface area contributed by atoms with Gasteiger partial charge in [-0.3, -0.25) is 25.3 Å². The first kappa shape index (κ1) is 39.6. The van der Waals surface area contributed by atoms with Crippen LogP contribution in [0.1, 0.15) is 117 Å². The van der Waals surface area contributed by atoms with Crippen molar-refractivity contribution in [1.29, 1.82) is 0 Å². The lowest BCUT2D eigenvalue weighted by atomic mass is 10.1. The molecule has 40 heavy (non-hydrogen) atoms. The van der Waals surface area contributed by atoms with E-state index in [4.69, 9.17) is 14.7 Å². The first-order valence-electron chi connectivity index (χ1n) is 15.8. The Hall–Kier alpha value is -0.410. The van der Waals surface area contributed by atoms with Gasteiger partial charge in [-0.2, -0.15) is 8.42 Å². The Labute approximate surface area is 244 Å². The molecule has 0 heterocycles. The summed E-state index contributed by atoms with van der Waals surface area (Å²) >= 11 is 0. The summed E-state index contributed by atoms with van der Waals surface area (Å²) in [5.74, 6) is 0. The maximum atomic E-state index is 13.5. The summed E-state index contributed by atoms with van der Waals surface area (Å²) in [6.45, 7) is 8.36. The van der Waals surface area contributed by atoms with Crippen molar-refractivity contribution in [2.45, 2.75) is 128 Å². The number of hydrogen-bond acceptors (Lipinski definition) is 11. The van der Waals surface area contributed by atoms with E-state index in [1.165, 1.54) is 44.9 Å². The van der Waals surface area contributed by atoms with Gasteiger partial charge in [0.25, 0.3) is 10.1 Å². The maximum Gasteiger partial charge on any atom is 0.270 e. The Balaban J connectivity index is 4.96. The predicted octanol–water partition coefficient (Wildman–Crippen LogP) is 4.60. The van der Waals surface area contributed by atoms with Crippen molar-refractivity contribution >= 4 is 10.1 Å². The molecule has 0 aliphatic carbocycles. The van der Waals surface area contributed by atoms with Crippen molar-refractivity contribution in [1.82, 2.24) is 21.3 Å². The second-order valence-electron chi connectivity index (χ2n) is 10.6. The van der Waals surface area contributed by atoms with E-state index in [0.717, 1.165) is 38.5 Å². The van der Waals surface area contributed by atoms with Crippen molar-refractivity contribution in [3.63, 3.8) is 0 Å². The van der Waals surface area contributed by atoms with E-state index in [-0.39, 0.29) is 19.6 Å². The minimum absolute atomic E-state index is 0.0625. The summed E-state index contributed by atoms with van der Waals surface area (Å²) in [5.41, 5.74) is 0. The van der Waals surface area contributed by atoms with Gasteiger partial charge in [-0.05, 0) is 38.8 Å². The molecule has 0 aromatic rings. The van der Waals surface area contributed by atoms with Crippen LogP contribution in [0.25, 0.3) is 0 Å². The molecule has 0 aliphatic rings. The van der Waals surface area contributed by atoms with Crippen LogP contribution in [-0.4, -0.2) is 83.0 Å². The molecule has 0 amide bonds. The van der Waals surface area contributed by atoms with E-state index in [0.29, 0.717) is 58.5 Å². The Morgan fingerprint density at radius 3 is 1.52 bits per heavy atom. The molecule has 11 nitrogen and oxygen atoms in total. The van der Waals surface area contributed by atoms with Crippen molar-refractivity contribution in [3.05, 3.63) is 0 Å². The van der Waals surface area contributed by atoms with E-state index in [1.54, 1.807) is 0 Å². The van der Waals surface area contributed by atoms with E-state index in [1.807, 2.05) is 0 Å². The molecule has 0 radical (unpaired) electrons. The molecular weight excluding hydrogens is 536 g/mol. The Bertz CT molecular complexity index is 617. The predicted molar refractivity (Wildman–Crippen MR) is 162 cm³/mol. The summed E-state index contributed by atoms with van der Waals surface area (Å²) in [4.78, 5) is 8.01. The molecule has 2 unspecified atom stereocenters. The highest BCUT2D eigenvalue weighted by molar-refractivity contribution is 7.87. The summed E-state index contributed by atoms with van der Waals surface area (Å²) in [7, 11) is -3.72. The number of unbranched alkanes of at least 4 members (excludes halogenated alkanes) is 10. The Morgan fingerprint density at radius 2 is 1.00 bits per heavy atom. The van der Waals surface area contributed by atoms with Crippen LogP contribution in [0, 0.1) is 0 Å². The minimum atomic E-state index is -3.72. The fourth-order valence-electron chi connectivity index (χ4n) is 4.61. The van der Waals surface area contributed by atoms with Gasteiger partial charge in [0, 0.05) is 26.2 Å². The monoisotopic (exact) mass is 598 g/mol. The van der Waals surface area contributed by atoms with Crippen LogP contribution in [0.3, 0.4) is 0 Å². The zero-order valence-electron chi connectivity index (χ0n) is 25.5. The molecule has 0 saturated carbocycles. The molecule has 0 rings (SSSR count). The van der Waals surface area contributed by atoms with Crippen LogP contribution >= 0.6 is 0 Å². The quantitative estimate of drug-likeness (QED) is 0.0207. The number of hydrogen-bond donors (Lipinski definition) is 6. The highest BCUT2D eigenvalue weighted by atomic mass is 32.2. The first-order chi connectivity index (χ1) is 19.5. The zero-order valence-corrected chi connectivity index (χ0v) is 26.3. The second-order valence-corrected chi connectivity index (χ2v) is 12.4. The molecule has 0 aromatic heterocycles. The van der Waals surface area contributed by atoms with Crippen LogP contribution < -0.4 is 21.3 Å². The smallest absolute Gasteiger partial charge is 0.270 e. The Morgan fingerprint density at radius 1 is 0.550 bits per heavy atom. The van der Waals surface area contributed by atoms with E-state index >= 15 is 0 Å². The van der Waals surface area contributed by atoms with Gasteiger partial charge in [0.1, 0.15) is 13.5 Å². The maximum absolute atomic E-state index is 13.5. The molecule has 6 N–H and O–H groups in total. The zero-order chi connectivity index (χ0) is 29.6. The van der Waals surface area contributed by atoms with Gasteiger partial charge in [0.2, 0.25) is 0 Å². The van der Waals surface area contributed by atoms with Crippen molar-refractivity contribution in [2.24, 2.45) is 0 Å². The number of rotatable bonds is 33. The molecule has 0 aliphatic heterocycles. The van der Waals surface area contributed by atoms with Gasteiger partial charge >= 0.3 is 0 Å². The lowest BCUT2D eigenvalue weighted by molar-refractivity contribution is -0.247. The third kappa shape index (κ3) is 25.3. The normalized spacial score (nSPS) is 13.6. The highest BCUT2D eigenvalue weighted by Gasteiger charge is 2.29. The van der Waals surface area contributed by atoms with Crippen LogP contribution in [0.4, 0.5) is 0 Å². The van der Waals surface area contributed by atoms with Crippen molar-refractivity contribution in [3.8, 4) is 0 Å².